The van der Waals surface area contributed by atoms with E-state index >= 15 is 0 Å². The van der Waals surface area contributed by atoms with Crippen LogP contribution in [0.2, 0.25) is 0 Å². The molecule has 0 aliphatic rings. The van der Waals surface area contributed by atoms with Crippen molar-refractivity contribution in [2.75, 3.05) is 0 Å². The molecule has 0 aromatic heterocycles. The van der Waals surface area contributed by atoms with E-state index in [1.807, 2.05) is 0 Å². The van der Waals surface area contributed by atoms with Gasteiger partial charge in [-0.1, -0.05) is 134 Å². The molecule has 0 heterocycles. The SMILES string of the molecule is C=C(C)CCCCCCCC(C)CCCCCCCCCC/C=C\CCCCCC. The predicted molar refractivity (Wildman–Crippen MR) is 140 cm³/mol. The second-order valence-corrected chi connectivity index (χ2v) is 10.1. The molecule has 30 heavy (non-hydrogen) atoms. The first kappa shape index (κ1) is 29.5. The summed E-state index contributed by atoms with van der Waals surface area (Å²) in [6.45, 7) is 10.9. The predicted octanol–water partition coefficient (Wildman–Crippen LogP) is 11.4. The molecule has 0 nitrogen and oxygen atoms in total. The van der Waals surface area contributed by atoms with Crippen molar-refractivity contribution >= 4 is 0 Å². The average molecular weight is 419 g/mol. The van der Waals surface area contributed by atoms with Gasteiger partial charge in [-0.3, -0.25) is 0 Å². The van der Waals surface area contributed by atoms with Gasteiger partial charge in [0.15, 0.2) is 0 Å². The van der Waals surface area contributed by atoms with Crippen molar-refractivity contribution in [1.82, 2.24) is 0 Å². The molecule has 1 unspecified atom stereocenters. The second kappa shape index (κ2) is 24.7. The normalized spacial score (nSPS) is 12.6. The van der Waals surface area contributed by atoms with Gasteiger partial charge in [0.25, 0.3) is 0 Å². The lowest BCUT2D eigenvalue weighted by Crippen LogP contribution is -1.95. The smallest absolute Gasteiger partial charge is 0.0326 e. The number of hydrogen-bond acceptors (Lipinski definition) is 0. The maximum Gasteiger partial charge on any atom is -0.0326 e. The highest BCUT2D eigenvalue weighted by atomic mass is 14.1. The van der Waals surface area contributed by atoms with Crippen LogP contribution in [0.4, 0.5) is 0 Å². The van der Waals surface area contributed by atoms with E-state index in [9.17, 15) is 0 Å². The Morgan fingerprint density at radius 3 is 1.47 bits per heavy atom. The Hall–Kier alpha value is -0.520. The first-order chi connectivity index (χ1) is 14.7. The topological polar surface area (TPSA) is 0 Å². The summed E-state index contributed by atoms with van der Waals surface area (Å²) in [5.74, 6) is 0.945. The fourth-order valence-corrected chi connectivity index (χ4v) is 4.33. The molecule has 0 saturated heterocycles. The van der Waals surface area contributed by atoms with E-state index in [1.54, 1.807) is 0 Å². The molecular formula is C30H58. The molecule has 0 aromatic carbocycles. The zero-order valence-corrected chi connectivity index (χ0v) is 21.5. The second-order valence-electron chi connectivity index (χ2n) is 10.1. The van der Waals surface area contributed by atoms with Crippen LogP contribution in [-0.2, 0) is 0 Å². The Balaban J connectivity index is 3.19. The lowest BCUT2D eigenvalue weighted by molar-refractivity contribution is 0.431. The number of hydrogen-bond donors (Lipinski definition) is 0. The number of unbranched alkanes of at least 4 members (excludes halogenated alkanes) is 16. The summed E-state index contributed by atoms with van der Waals surface area (Å²) >= 11 is 0. The maximum atomic E-state index is 3.99. The van der Waals surface area contributed by atoms with Gasteiger partial charge in [0.2, 0.25) is 0 Å². The molecule has 178 valence electrons. The first-order valence-electron chi connectivity index (χ1n) is 14.0. The van der Waals surface area contributed by atoms with Crippen molar-refractivity contribution in [3.8, 4) is 0 Å². The Kier molecular flexibility index (Phi) is 24.3. The molecular weight excluding hydrogens is 360 g/mol. The zero-order valence-electron chi connectivity index (χ0n) is 21.5. The molecule has 0 aromatic rings. The molecule has 0 spiro atoms. The highest BCUT2D eigenvalue weighted by Gasteiger charge is 2.02. The van der Waals surface area contributed by atoms with Crippen molar-refractivity contribution in [2.45, 2.75) is 162 Å². The van der Waals surface area contributed by atoms with Crippen LogP contribution in [0.25, 0.3) is 0 Å². The summed E-state index contributed by atoms with van der Waals surface area (Å²) in [5.41, 5.74) is 1.35. The fraction of sp³-hybridized carbons (Fsp3) is 0.867. The van der Waals surface area contributed by atoms with Gasteiger partial charge in [0.05, 0.1) is 0 Å². The van der Waals surface area contributed by atoms with Crippen LogP contribution in [-0.4, -0.2) is 0 Å². The van der Waals surface area contributed by atoms with Gasteiger partial charge >= 0.3 is 0 Å². The van der Waals surface area contributed by atoms with Crippen molar-refractivity contribution in [3.63, 3.8) is 0 Å². The van der Waals surface area contributed by atoms with Crippen LogP contribution < -0.4 is 0 Å². The van der Waals surface area contributed by atoms with Crippen LogP contribution in [0.3, 0.4) is 0 Å². The third-order valence-electron chi connectivity index (χ3n) is 6.51. The Morgan fingerprint density at radius 2 is 1.00 bits per heavy atom. The molecule has 0 bridgehead atoms. The standard InChI is InChI=1S/C30H58/c1-5-6-7-8-9-10-11-12-13-14-15-16-17-18-21-24-27-30(4)28-25-22-19-20-23-26-29(2)3/h10-11,30H,2,5-9,12-28H2,1,3-4H3/b11-10-. The monoisotopic (exact) mass is 418 g/mol. The highest BCUT2D eigenvalue weighted by Crippen LogP contribution is 2.19. The lowest BCUT2D eigenvalue weighted by Gasteiger charge is -2.11. The number of allylic oxidation sites excluding steroid dienone is 3. The lowest BCUT2D eigenvalue weighted by atomic mass is 9.95. The van der Waals surface area contributed by atoms with Crippen LogP contribution in [0.15, 0.2) is 24.3 Å². The largest absolute Gasteiger partial charge is 0.100 e. The summed E-state index contributed by atoms with van der Waals surface area (Å²) < 4.78 is 0. The fourth-order valence-electron chi connectivity index (χ4n) is 4.33. The number of rotatable bonds is 24. The van der Waals surface area contributed by atoms with Crippen LogP contribution in [0, 0.1) is 5.92 Å². The van der Waals surface area contributed by atoms with Crippen LogP contribution in [0.5, 0.6) is 0 Å². The molecule has 0 heteroatoms. The van der Waals surface area contributed by atoms with Crippen molar-refractivity contribution in [1.29, 1.82) is 0 Å². The van der Waals surface area contributed by atoms with Crippen molar-refractivity contribution in [2.24, 2.45) is 5.92 Å². The Bertz CT molecular complexity index is 364. The highest BCUT2D eigenvalue weighted by molar-refractivity contribution is 4.87. The summed E-state index contributed by atoms with van der Waals surface area (Å²) in [6, 6.07) is 0. The van der Waals surface area contributed by atoms with E-state index in [0.717, 1.165) is 5.92 Å². The molecule has 0 amide bonds. The molecule has 0 aliphatic heterocycles. The van der Waals surface area contributed by atoms with Gasteiger partial charge in [0.1, 0.15) is 0 Å². The molecule has 0 aliphatic carbocycles. The van der Waals surface area contributed by atoms with Gasteiger partial charge in [-0.15, -0.1) is 6.58 Å². The average Bonchev–Trinajstić information content (AvgIpc) is 2.72. The van der Waals surface area contributed by atoms with Crippen molar-refractivity contribution in [3.05, 3.63) is 24.3 Å². The van der Waals surface area contributed by atoms with Gasteiger partial charge in [-0.2, -0.15) is 0 Å². The van der Waals surface area contributed by atoms with E-state index in [0.29, 0.717) is 0 Å². The quantitative estimate of drug-likeness (QED) is 0.108. The maximum absolute atomic E-state index is 3.99. The van der Waals surface area contributed by atoms with E-state index in [-0.39, 0.29) is 0 Å². The zero-order chi connectivity index (χ0) is 22.1. The molecule has 0 radical (unpaired) electrons. The Morgan fingerprint density at radius 1 is 0.600 bits per heavy atom. The molecule has 1 atom stereocenters. The summed E-state index contributed by atoms with van der Waals surface area (Å²) in [4.78, 5) is 0. The third-order valence-corrected chi connectivity index (χ3v) is 6.51. The summed E-state index contributed by atoms with van der Waals surface area (Å²) in [5, 5.41) is 0. The molecule has 0 saturated carbocycles. The van der Waals surface area contributed by atoms with E-state index in [4.69, 9.17) is 0 Å². The Labute approximate surface area is 192 Å². The van der Waals surface area contributed by atoms with Gasteiger partial charge in [-0.05, 0) is 51.4 Å². The van der Waals surface area contributed by atoms with E-state index in [2.05, 4.69) is 39.5 Å². The van der Waals surface area contributed by atoms with Gasteiger partial charge in [0, 0.05) is 0 Å². The minimum Gasteiger partial charge on any atom is -0.100 e. The summed E-state index contributed by atoms with van der Waals surface area (Å²) in [6.07, 6.45) is 35.8. The third kappa shape index (κ3) is 25.5. The van der Waals surface area contributed by atoms with E-state index < -0.39 is 0 Å². The minimum atomic E-state index is 0.945. The molecule has 0 fully saturated rings. The van der Waals surface area contributed by atoms with E-state index in [1.165, 1.54) is 147 Å². The van der Waals surface area contributed by atoms with Crippen LogP contribution in [0.1, 0.15) is 162 Å². The summed E-state index contributed by atoms with van der Waals surface area (Å²) in [7, 11) is 0. The van der Waals surface area contributed by atoms with Crippen molar-refractivity contribution < 1.29 is 0 Å². The first-order valence-corrected chi connectivity index (χ1v) is 14.0. The van der Waals surface area contributed by atoms with Gasteiger partial charge in [-0.25, -0.2) is 0 Å². The minimum absolute atomic E-state index is 0.945. The van der Waals surface area contributed by atoms with Crippen LogP contribution >= 0.6 is 0 Å². The van der Waals surface area contributed by atoms with Gasteiger partial charge < -0.3 is 0 Å². The molecule has 0 rings (SSSR count). The molecule has 0 N–H and O–H groups in total.